The van der Waals surface area contributed by atoms with Crippen molar-refractivity contribution in [3.05, 3.63) is 42.5 Å². The fourth-order valence-electron chi connectivity index (χ4n) is 2.73. The predicted molar refractivity (Wildman–Crippen MR) is 83.4 cm³/mol. The van der Waals surface area contributed by atoms with Crippen molar-refractivity contribution in [1.82, 2.24) is 10.2 Å². The Hall–Kier alpha value is -1.58. The minimum Gasteiger partial charge on any atom is -0.493 e. The molecule has 1 N–H and O–H groups in total. The highest BCUT2D eigenvalue weighted by molar-refractivity contribution is 5.88. The lowest BCUT2D eigenvalue weighted by Gasteiger charge is -2.27. The molecule has 0 saturated carbocycles. The average Bonchev–Trinajstić information content (AvgIpc) is 2.53. The van der Waals surface area contributed by atoms with Crippen molar-refractivity contribution in [2.24, 2.45) is 0 Å². The highest BCUT2D eigenvalue weighted by atomic mass is 16.5. The van der Waals surface area contributed by atoms with Crippen LogP contribution >= 0.6 is 0 Å². The predicted octanol–water partition coefficient (Wildman–Crippen LogP) is 2.51. The van der Waals surface area contributed by atoms with Crippen molar-refractivity contribution >= 4 is 10.8 Å². The summed E-state index contributed by atoms with van der Waals surface area (Å²) in [6, 6.07) is 14.6. The number of hydrogen-bond donors (Lipinski definition) is 1. The average molecular weight is 270 g/mol. The second-order valence-electron chi connectivity index (χ2n) is 5.27. The summed E-state index contributed by atoms with van der Waals surface area (Å²) in [7, 11) is 0. The summed E-state index contributed by atoms with van der Waals surface area (Å²) in [5, 5.41) is 5.83. The Bertz CT molecular complexity index is 544. The lowest BCUT2D eigenvalue weighted by atomic mass is 10.1. The Labute approximate surface area is 120 Å². The standard InChI is InChI=1S/C17H22N2O/c1-2-7-16-15(5-1)6-3-8-17(16)20-14-4-11-19-12-9-18-10-13-19/h1-3,5-8,18H,4,9-14H2. The highest BCUT2D eigenvalue weighted by Gasteiger charge is 2.08. The maximum Gasteiger partial charge on any atom is 0.127 e. The fourth-order valence-corrected chi connectivity index (χ4v) is 2.73. The molecule has 1 fully saturated rings. The van der Waals surface area contributed by atoms with Crippen LogP contribution in [-0.4, -0.2) is 44.2 Å². The molecule has 0 amide bonds. The number of ether oxygens (including phenoxy) is 1. The SMILES string of the molecule is c1ccc2c(OCCCN3CCNCC3)cccc2c1. The molecule has 0 aromatic heterocycles. The minimum absolute atomic E-state index is 0.790. The summed E-state index contributed by atoms with van der Waals surface area (Å²) in [6.07, 6.45) is 1.09. The highest BCUT2D eigenvalue weighted by Crippen LogP contribution is 2.25. The summed E-state index contributed by atoms with van der Waals surface area (Å²) in [5.74, 6) is 1.00. The first kappa shape index (κ1) is 13.4. The normalized spacial score (nSPS) is 16.4. The van der Waals surface area contributed by atoms with Crippen molar-refractivity contribution < 1.29 is 4.74 Å². The van der Waals surface area contributed by atoms with Gasteiger partial charge in [0, 0.05) is 38.1 Å². The second-order valence-corrected chi connectivity index (χ2v) is 5.27. The molecule has 0 atom stereocenters. The number of nitrogens with one attached hydrogen (secondary N) is 1. The molecule has 3 heteroatoms. The number of nitrogens with zero attached hydrogens (tertiary/aromatic N) is 1. The largest absolute Gasteiger partial charge is 0.493 e. The van der Waals surface area contributed by atoms with Gasteiger partial charge in [-0.2, -0.15) is 0 Å². The van der Waals surface area contributed by atoms with Gasteiger partial charge in [0.1, 0.15) is 5.75 Å². The maximum atomic E-state index is 5.97. The van der Waals surface area contributed by atoms with E-state index in [0.717, 1.165) is 51.5 Å². The van der Waals surface area contributed by atoms with E-state index in [2.05, 4.69) is 52.7 Å². The van der Waals surface area contributed by atoms with Gasteiger partial charge in [0.15, 0.2) is 0 Å². The van der Waals surface area contributed by atoms with Gasteiger partial charge in [0.25, 0.3) is 0 Å². The Kier molecular flexibility index (Phi) is 4.51. The van der Waals surface area contributed by atoms with Crippen LogP contribution in [0.15, 0.2) is 42.5 Å². The molecule has 0 bridgehead atoms. The fraction of sp³-hybridized carbons (Fsp3) is 0.412. The summed E-state index contributed by atoms with van der Waals surface area (Å²) < 4.78 is 5.97. The van der Waals surface area contributed by atoms with Crippen molar-refractivity contribution in [3.63, 3.8) is 0 Å². The van der Waals surface area contributed by atoms with Gasteiger partial charge in [-0.25, -0.2) is 0 Å². The minimum atomic E-state index is 0.790. The van der Waals surface area contributed by atoms with Crippen LogP contribution < -0.4 is 10.1 Å². The number of hydrogen-bond acceptors (Lipinski definition) is 3. The molecule has 3 nitrogen and oxygen atoms in total. The molecule has 3 rings (SSSR count). The molecular formula is C17H22N2O. The molecule has 1 saturated heterocycles. The molecule has 0 radical (unpaired) electrons. The van der Waals surface area contributed by atoms with Crippen molar-refractivity contribution in [3.8, 4) is 5.75 Å². The van der Waals surface area contributed by atoms with Gasteiger partial charge in [-0.1, -0.05) is 36.4 Å². The monoisotopic (exact) mass is 270 g/mol. The number of benzene rings is 2. The zero-order valence-electron chi connectivity index (χ0n) is 11.8. The van der Waals surface area contributed by atoms with Gasteiger partial charge in [-0.15, -0.1) is 0 Å². The molecule has 20 heavy (non-hydrogen) atoms. The number of piperazine rings is 1. The molecule has 0 aliphatic carbocycles. The zero-order chi connectivity index (χ0) is 13.6. The lowest BCUT2D eigenvalue weighted by Crippen LogP contribution is -2.43. The Balaban J connectivity index is 1.52. The van der Waals surface area contributed by atoms with Crippen LogP contribution in [-0.2, 0) is 0 Å². The van der Waals surface area contributed by atoms with Gasteiger partial charge in [-0.05, 0) is 17.9 Å². The van der Waals surface area contributed by atoms with Crippen molar-refractivity contribution in [1.29, 1.82) is 0 Å². The Morgan fingerprint density at radius 3 is 2.70 bits per heavy atom. The van der Waals surface area contributed by atoms with E-state index >= 15 is 0 Å². The first-order valence-corrected chi connectivity index (χ1v) is 7.47. The molecular weight excluding hydrogens is 248 g/mol. The summed E-state index contributed by atoms with van der Waals surface area (Å²) in [6.45, 7) is 6.47. The maximum absolute atomic E-state index is 5.97. The summed E-state index contributed by atoms with van der Waals surface area (Å²) in [5.41, 5.74) is 0. The number of rotatable bonds is 5. The van der Waals surface area contributed by atoms with Crippen LogP contribution in [0.2, 0.25) is 0 Å². The smallest absolute Gasteiger partial charge is 0.127 e. The number of fused-ring (bicyclic) bond motifs is 1. The van der Waals surface area contributed by atoms with Crippen LogP contribution in [0.1, 0.15) is 6.42 Å². The van der Waals surface area contributed by atoms with E-state index in [0.29, 0.717) is 0 Å². The van der Waals surface area contributed by atoms with Gasteiger partial charge >= 0.3 is 0 Å². The first-order valence-electron chi connectivity index (χ1n) is 7.47. The van der Waals surface area contributed by atoms with Gasteiger partial charge in [-0.3, -0.25) is 0 Å². The Morgan fingerprint density at radius 2 is 1.80 bits per heavy atom. The van der Waals surface area contributed by atoms with Gasteiger partial charge < -0.3 is 15.0 Å². The van der Waals surface area contributed by atoms with E-state index in [9.17, 15) is 0 Å². The van der Waals surface area contributed by atoms with Gasteiger partial charge in [0.2, 0.25) is 0 Å². The second kappa shape index (κ2) is 6.73. The van der Waals surface area contributed by atoms with Gasteiger partial charge in [0.05, 0.1) is 6.61 Å². The van der Waals surface area contributed by atoms with Crippen LogP contribution in [0.4, 0.5) is 0 Å². The van der Waals surface area contributed by atoms with Crippen LogP contribution in [0.5, 0.6) is 5.75 Å². The third-order valence-electron chi connectivity index (χ3n) is 3.84. The van der Waals surface area contributed by atoms with E-state index in [1.54, 1.807) is 0 Å². The van der Waals surface area contributed by atoms with E-state index < -0.39 is 0 Å². The molecule has 0 unspecified atom stereocenters. The molecule has 0 spiro atoms. The van der Waals surface area contributed by atoms with E-state index in [-0.39, 0.29) is 0 Å². The third kappa shape index (κ3) is 3.30. The molecule has 1 aliphatic heterocycles. The third-order valence-corrected chi connectivity index (χ3v) is 3.84. The summed E-state index contributed by atoms with van der Waals surface area (Å²) >= 11 is 0. The van der Waals surface area contributed by atoms with Crippen LogP contribution in [0.25, 0.3) is 10.8 Å². The van der Waals surface area contributed by atoms with E-state index in [1.165, 1.54) is 10.8 Å². The van der Waals surface area contributed by atoms with E-state index in [1.807, 2.05) is 0 Å². The van der Waals surface area contributed by atoms with E-state index in [4.69, 9.17) is 4.74 Å². The molecule has 106 valence electrons. The van der Waals surface area contributed by atoms with Crippen molar-refractivity contribution in [2.75, 3.05) is 39.3 Å². The lowest BCUT2D eigenvalue weighted by molar-refractivity contribution is 0.214. The summed E-state index contributed by atoms with van der Waals surface area (Å²) in [4.78, 5) is 2.50. The molecule has 1 heterocycles. The first-order chi connectivity index (χ1) is 9.93. The molecule has 1 aliphatic rings. The Morgan fingerprint density at radius 1 is 1.00 bits per heavy atom. The quantitative estimate of drug-likeness (QED) is 0.845. The molecule has 2 aromatic rings. The van der Waals surface area contributed by atoms with Crippen LogP contribution in [0, 0.1) is 0 Å². The van der Waals surface area contributed by atoms with Crippen LogP contribution in [0.3, 0.4) is 0 Å². The molecule has 2 aromatic carbocycles. The topological polar surface area (TPSA) is 24.5 Å². The zero-order valence-corrected chi connectivity index (χ0v) is 11.8. The van der Waals surface area contributed by atoms with Crippen molar-refractivity contribution in [2.45, 2.75) is 6.42 Å².